The summed E-state index contributed by atoms with van der Waals surface area (Å²) < 4.78 is 1.70. The van der Waals surface area contributed by atoms with Gasteiger partial charge in [0, 0.05) is 4.70 Å². The van der Waals surface area contributed by atoms with Gasteiger partial charge in [-0.25, -0.2) is 0 Å². The quantitative estimate of drug-likeness (QED) is 0.724. The van der Waals surface area contributed by atoms with E-state index in [9.17, 15) is 0 Å². The number of hydrogen-bond donors (Lipinski definition) is 2. The Hall–Kier alpha value is -0.545. The summed E-state index contributed by atoms with van der Waals surface area (Å²) in [5.41, 5.74) is 1.52. The van der Waals surface area contributed by atoms with Crippen LogP contribution in [0.2, 0.25) is 4.34 Å². The SMILES string of the molecule is Cc1cc(B(O)O)cc2sc(Cl)cc12. The minimum atomic E-state index is -1.42. The Labute approximate surface area is 90.9 Å². The smallest absolute Gasteiger partial charge is 0.423 e. The zero-order valence-electron chi connectivity index (χ0n) is 7.49. The molecule has 2 N–H and O–H groups in total. The Kier molecular flexibility index (Phi) is 2.53. The molecule has 1 aromatic carbocycles. The van der Waals surface area contributed by atoms with Gasteiger partial charge in [-0.3, -0.25) is 0 Å². The normalized spacial score (nSPS) is 10.9. The van der Waals surface area contributed by atoms with Gasteiger partial charge in [-0.2, -0.15) is 0 Å². The summed E-state index contributed by atoms with van der Waals surface area (Å²) >= 11 is 7.32. The molecule has 0 unspecified atom stereocenters. The highest BCUT2D eigenvalue weighted by Gasteiger charge is 2.13. The van der Waals surface area contributed by atoms with Gasteiger partial charge in [-0.1, -0.05) is 17.7 Å². The largest absolute Gasteiger partial charge is 0.488 e. The minimum absolute atomic E-state index is 0.508. The molecular formula is C9H8BClO2S. The van der Waals surface area contributed by atoms with Gasteiger partial charge in [-0.15, -0.1) is 11.3 Å². The fourth-order valence-corrected chi connectivity index (χ4v) is 2.73. The highest BCUT2D eigenvalue weighted by molar-refractivity contribution is 7.22. The lowest BCUT2D eigenvalue weighted by molar-refractivity contribution is 0.426. The van der Waals surface area contributed by atoms with Gasteiger partial charge >= 0.3 is 7.12 Å². The number of halogens is 1. The second-order valence-electron chi connectivity index (χ2n) is 3.17. The molecule has 0 radical (unpaired) electrons. The molecule has 0 aliphatic carbocycles. The van der Waals surface area contributed by atoms with Crippen molar-refractivity contribution in [3.8, 4) is 0 Å². The highest BCUT2D eigenvalue weighted by Crippen LogP contribution is 2.30. The van der Waals surface area contributed by atoms with Crippen LogP contribution in [0.1, 0.15) is 5.56 Å². The molecule has 72 valence electrons. The molecular weight excluding hydrogens is 218 g/mol. The van der Waals surface area contributed by atoms with Crippen LogP contribution in [0.15, 0.2) is 18.2 Å². The molecule has 0 aliphatic heterocycles. The Balaban J connectivity index is 2.71. The van der Waals surface area contributed by atoms with Gasteiger partial charge in [0.25, 0.3) is 0 Å². The predicted octanol–water partition coefficient (Wildman–Crippen LogP) is 1.54. The van der Waals surface area contributed by atoms with Gasteiger partial charge in [-0.05, 0) is 35.5 Å². The van der Waals surface area contributed by atoms with Gasteiger partial charge in [0.1, 0.15) is 0 Å². The van der Waals surface area contributed by atoms with E-state index in [0.29, 0.717) is 9.80 Å². The number of hydrogen-bond acceptors (Lipinski definition) is 3. The third kappa shape index (κ3) is 1.66. The second-order valence-corrected chi connectivity index (χ2v) is 4.89. The molecule has 2 aromatic rings. The number of fused-ring (bicyclic) bond motifs is 1. The van der Waals surface area contributed by atoms with Crippen molar-refractivity contribution in [1.29, 1.82) is 0 Å². The van der Waals surface area contributed by atoms with Gasteiger partial charge in [0.2, 0.25) is 0 Å². The van der Waals surface area contributed by atoms with E-state index < -0.39 is 7.12 Å². The summed E-state index contributed by atoms with van der Waals surface area (Å²) in [7, 11) is -1.42. The molecule has 0 aliphatic rings. The van der Waals surface area contributed by atoms with Crippen molar-refractivity contribution in [1.82, 2.24) is 0 Å². The van der Waals surface area contributed by atoms with Gasteiger partial charge < -0.3 is 10.0 Å². The molecule has 0 saturated heterocycles. The molecule has 5 heteroatoms. The van der Waals surface area contributed by atoms with Crippen molar-refractivity contribution in [3.63, 3.8) is 0 Å². The topological polar surface area (TPSA) is 40.5 Å². The summed E-state index contributed by atoms with van der Waals surface area (Å²) in [6.07, 6.45) is 0. The molecule has 1 aromatic heterocycles. The first-order valence-electron chi connectivity index (χ1n) is 4.13. The van der Waals surface area contributed by atoms with E-state index in [1.54, 1.807) is 12.1 Å². The third-order valence-corrected chi connectivity index (χ3v) is 3.35. The standard InChI is InChI=1S/C9H8BClO2S/c1-5-2-6(10(12)13)3-8-7(5)4-9(11)14-8/h2-4,12-13H,1H3. The average molecular weight is 226 g/mol. The fourth-order valence-electron chi connectivity index (χ4n) is 1.46. The van der Waals surface area contributed by atoms with E-state index in [4.69, 9.17) is 21.6 Å². The maximum atomic E-state index is 9.04. The molecule has 0 fully saturated rings. The maximum absolute atomic E-state index is 9.04. The van der Waals surface area contributed by atoms with Gasteiger partial charge in [0.05, 0.1) is 4.34 Å². The first-order chi connectivity index (χ1) is 6.58. The van der Waals surface area contributed by atoms with Crippen molar-refractivity contribution in [2.75, 3.05) is 0 Å². The van der Waals surface area contributed by atoms with Crippen molar-refractivity contribution in [2.24, 2.45) is 0 Å². The van der Waals surface area contributed by atoms with E-state index in [1.165, 1.54) is 11.3 Å². The van der Waals surface area contributed by atoms with Crippen LogP contribution in [0.4, 0.5) is 0 Å². The Morgan fingerprint density at radius 3 is 2.64 bits per heavy atom. The van der Waals surface area contributed by atoms with Crippen molar-refractivity contribution >= 4 is 45.6 Å². The maximum Gasteiger partial charge on any atom is 0.488 e. The lowest BCUT2D eigenvalue weighted by Gasteiger charge is -2.02. The molecule has 0 atom stereocenters. The van der Waals surface area contributed by atoms with Crippen molar-refractivity contribution < 1.29 is 10.0 Å². The van der Waals surface area contributed by atoms with Crippen molar-refractivity contribution in [2.45, 2.75) is 6.92 Å². The molecule has 0 spiro atoms. The number of aryl methyl sites for hydroxylation is 1. The highest BCUT2D eigenvalue weighted by atomic mass is 35.5. The molecule has 0 saturated carbocycles. The summed E-state index contributed by atoms with van der Waals surface area (Å²) in [6, 6.07) is 5.41. The Bertz CT molecular complexity index is 481. The van der Waals surface area contributed by atoms with E-state index in [0.717, 1.165) is 15.6 Å². The van der Waals surface area contributed by atoms with Crippen LogP contribution in [-0.4, -0.2) is 17.2 Å². The predicted molar refractivity (Wildman–Crippen MR) is 61.4 cm³/mol. The Morgan fingerprint density at radius 2 is 2.00 bits per heavy atom. The number of rotatable bonds is 1. The number of thiophene rings is 1. The molecule has 0 bridgehead atoms. The molecule has 1 heterocycles. The van der Waals surface area contributed by atoms with Crippen LogP contribution in [0.5, 0.6) is 0 Å². The number of benzene rings is 1. The van der Waals surface area contributed by atoms with Crippen LogP contribution in [0, 0.1) is 6.92 Å². The van der Waals surface area contributed by atoms with Crippen LogP contribution in [0.25, 0.3) is 10.1 Å². The first kappa shape index (κ1) is 9.99. The molecule has 2 rings (SSSR count). The summed E-state index contributed by atoms with van der Waals surface area (Å²) in [5, 5.41) is 19.2. The first-order valence-corrected chi connectivity index (χ1v) is 5.33. The summed E-state index contributed by atoms with van der Waals surface area (Å²) in [5.74, 6) is 0. The van der Waals surface area contributed by atoms with E-state index in [1.807, 2.05) is 13.0 Å². The molecule has 14 heavy (non-hydrogen) atoms. The van der Waals surface area contributed by atoms with Gasteiger partial charge in [0.15, 0.2) is 0 Å². The zero-order chi connectivity index (χ0) is 10.3. The monoisotopic (exact) mass is 226 g/mol. The Morgan fingerprint density at radius 1 is 1.29 bits per heavy atom. The molecule has 0 amide bonds. The summed E-state index contributed by atoms with van der Waals surface area (Å²) in [6.45, 7) is 1.93. The van der Waals surface area contributed by atoms with Crippen LogP contribution in [-0.2, 0) is 0 Å². The van der Waals surface area contributed by atoms with E-state index in [2.05, 4.69) is 0 Å². The second kappa shape index (κ2) is 3.55. The summed E-state index contributed by atoms with van der Waals surface area (Å²) in [4.78, 5) is 0. The zero-order valence-corrected chi connectivity index (χ0v) is 9.06. The van der Waals surface area contributed by atoms with Crippen molar-refractivity contribution in [3.05, 3.63) is 28.1 Å². The van der Waals surface area contributed by atoms with Crippen LogP contribution in [0.3, 0.4) is 0 Å². The third-order valence-electron chi connectivity index (χ3n) is 2.13. The van der Waals surface area contributed by atoms with E-state index in [-0.39, 0.29) is 0 Å². The lowest BCUT2D eigenvalue weighted by atomic mass is 9.79. The molecule has 2 nitrogen and oxygen atoms in total. The average Bonchev–Trinajstić information content (AvgIpc) is 2.45. The minimum Gasteiger partial charge on any atom is -0.423 e. The van der Waals surface area contributed by atoms with Crippen LogP contribution < -0.4 is 5.46 Å². The fraction of sp³-hybridized carbons (Fsp3) is 0.111. The van der Waals surface area contributed by atoms with Crippen LogP contribution >= 0.6 is 22.9 Å². The van der Waals surface area contributed by atoms with E-state index >= 15 is 0 Å². The lowest BCUT2D eigenvalue weighted by Crippen LogP contribution is -2.29.